The second-order valence-corrected chi connectivity index (χ2v) is 5.75. The zero-order chi connectivity index (χ0) is 11.1. The topological polar surface area (TPSA) is 45.4 Å². The third-order valence-corrected chi connectivity index (χ3v) is 3.94. The van der Waals surface area contributed by atoms with Gasteiger partial charge < -0.3 is 4.90 Å². The molecule has 2 aliphatic rings. The number of amides is 1. The summed E-state index contributed by atoms with van der Waals surface area (Å²) in [5.74, 6) is 1.57. The van der Waals surface area contributed by atoms with Gasteiger partial charge in [-0.2, -0.15) is 9.78 Å². The smallest absolute Gasteiger partial charge is 0.299 e. The zero-order valence-electron chi connectivity index (χ0n) is 9.36. The molecule has 2 heterocycles. The van der Waals surface area contributed by atoms with Crippen LogP contribution in [-0.4, -0.2) is 34.3 Å². The first-order valence-corrected chi connectivity index (χ1v) is 6.32. The van der Waals surface area contributed by atoms with E-state index in [1.807, 2.05) is 4.90 Å². The van der Waals surface area contributed by atoms with Crippen LogP contribution in [0.15, 0.2) is 0 Å². The average Bonchev–Trinajstić information content (AvgIpc) is 2.76. The Bertz CT molecular complexity index is 265. The third-order valence-electron chi connectivity index (χ3n) is 2.69. The highest BCUT2D eigenvalue weighted by molar-refractivity contribution is 8.00. The molecule has 1 unspecified atom stereocenters. The molecule has 15 heavy (non-hydrogen) atoms. The molecule has 1 spiro atoms. The normalized spacial score (nSPS) is 27.3. The van der Waals surface area contributed by atoms with Gasteiger partial charge in [-0.25, -0.2) is 0 Å². The van der Waals surface area contributed by atoms with Crippen molar-refractivity contribution in [1.29, 1.82) is 0 Å². The number of thioether (sulfide) groups is 1. The van der Waals surface area contributed by atoms with Gasteiger partial charge in [0.15, 0.2) is 0 Å². The zero-order valence-corrected chi connectivity index (χ0v) is 10.2. The van der Waals surface area contributed by atoms with Crippen molar-refractivity contribution in [2.75, 3.05) is 12.3 Å². The van der Waals surface area contributed by atoms with Crippen molar-refractivity contribution < 1.29 is 14.6 Å². The number of nitrogens with zero attached hydrogens (tertiary/aromatic N) is 1. The van der Waals surface area contributed by atoms with E-state index in [1.54, 1.807) is 18.7 Å². The van der Waals surface area contributed by atoms with Crippen LogP contribution in [0.4, 0.5) is 0 Å². The van der Waals surface area contributed by atoms with Crippen molar-refractivity contribution >= 4 is 17.7 Å². The van der Waals surface area contributed by atoms with E-state index in [9.17, 15) is 4.79 Å². The molecule has 86 valence electrons. The molecule has 0 aliphatic carbocycles. The van der Waals surface area contributed by atoms with Gasteiger partial charge in [-0.1, -0.05) is 25.6 Å². The van der Waals surface area contributed by atoms with Crippen molar-refractivity contribution in [3.63, 3.8) is 0 Å². The Morgan fingerprint density at radius 1 is 1.60 bits per heavy atom. The van der Waals surface area contributed by atoms with Gasteiger partial charge in [-0.05, 0) is 12.3 Å². The molecule has 5 heteroatoms. The van der Waals surface area contributed by atoms with Crippen LogP contribution in [0.25, 0.3) is 0 Å². The Hall–Kier alpha value is -0.260. The first-order valence-electron chi connectivity index (χ1n) is 5.33. The van der Waals surface area contributed by atoms with Gasteiger partial charge >= 0.3 is 0 Å². The van der Waals surface area contributed by atoms with Gasteiger partial charge in [0, 0.05) is 19.2 Å². The minimum Gasteiger partial charge on any atom is -0.333 e. The fourth-order valence-corrected chi connectivity index (χ4v) is 3.19. The molecule has 0 bridgehead atoms. The van der Waals surface area contributed by atoms with E-state index in [1.165, 1.54) is 0 Å². The van der Waals surface area contributed by atoms with Gasteiger partial charge in [0.2, 0.25) is 5.91 Å². The van der Waals surface area contributed by atoms with Crippen LogP contribution >= 0.6 is 11.8 Å². The fraction of sp³-hybridized carbons (Fsp3) is 0.900. The van der Waals surface area contributed by atoms with Crippen molar-refractivity contribution in [2.24, 2.45) is 5.92 Å². The summed E-state index contributed by atoms with van der Waals surface area (Å²) < 4.78 is 0. The summed E-state index contributed by atoms with van der Waals surface area (Å²) in [5.41, 5.74) is 0. The quantitative estimate of drug-likeness (QED) is 0.547. The Kier molecular flexibility index (Phi) is 2.96. The summed E-state index contributed by atoms with van der Waals surface area (Å²) in [4.78, 5) is 23.6. The molecule has 0 aromatic heterocycles. The first-order chi connectivity index (χ1) is 7.05. The second kappa shape index (κ2) is 3.96. The van der Waals surface area contributed by atoms with E-state index in [0.717, 1.165) is 18.7 Å². The lowest BCUT2D eigenvalue weighted by Crippen LogP contribution is -2.46. The molecule has 0 aromatic rings. The summed E-state index contributed by atoms with van der Waals surface area (Å²) in [6.07, 6.45) is 0.955. The Morgan fingerprint density at radius 2 is 2.27 bits per heavy atom. The van der Waals surface area contributed by atoms with Crippen LogP contribution in [0.1, 0.15) is 27.2 Å². The van der Waals surface area contributed by atoms with Crippen LogP contribution in [0, 0.1) is 5.92 Å². The maximum atomic E-state index is 11.6. The standard InChI is InChI=1S/C10H17NO3S/c1-7(2)6-11(8(3)12)9-4-5-15-10(9)13-14-10/h7,9H,4-6H2,1-3H3. The molecule has 1 atom stereocenters. The highest BCUT2D eigenvalue weighted by Gasteiger charge is 2.62. The summed E-state index contributed by atoms with van der Waals surface area (Å²) in [7, 11) is 0. The third kappa shape index (κ3) is 2.14. The Balaban J connectivity index is 2.07. The van der Waals surface area contributed by atoms with Crippen molar-refractivity contribution in [3.05, 3.63) is 0 Å². The highest BCUT2D eigenvalue weighted by Crippen LogP contribution is 2.52. The number of hydrogen-bond donors (Lipinski definition) is 0. The molecule has 2 fully saturated rings. The summed E-state index contributed by atoms with van der Waals surface area (Å²) in [6, 6.07) is 0.0856. The summed E-state index contributed by atoms with van der Waals surface area (Å²) >= 11 is 1.65. The van der Waals surface area contributed by atoms with Gasteiger partial charge in [0.1, 0.15) is 6.04 Å². The van der Waals surface area contributed by atoms with E-state index in [4.69, 9.17) is 9.78 Å². The molecule has 4 nitrogen and oxygen atoms in total. The van der Waals surface area contributed by atoms with Gasteiger partial charge in [0.05, 0.1) is 0 Å². The van der Waals surface area contributed by atoms with Crippen LogP contribution in [0.3, 0.4) is 0 Å². The van der Waals surface area contributed by atoms with Crippen LogP contribution < -0.4 is 0 Å². The molecule has 2 rings (SSSR count). The molecule has 0 N–H and O–H groups in total. The maximum absolute atomic E-state index is 11.6. The lowest BCUT2D eigenvalue weighted by molar-refractivity contribution is -0.132. The highest BCUT2D eigenvalue weighted by atomic mass is 32.2. The van der Waals surface area contributed by atoms with E-state index < -0.39 is 5.12 Å². The SMILES string of the molecule is CC(=O)N(CC(C)C)C1CCSC12OO2. The molecular weight excluding hydrogens is 214 g/mol. The van der Waals surface area contributed by atoms with Gasteiger partial charge in [-0.3, -0.25) is 4.79 Å². The number of carbonyl (C=O) groups excluding carboxylic acids is 1. The Labute approximate surface area is 94.2 Å². The first kappa shape index (κ1) is 11.2. The second-order valence-electron chi connectivity index (χ2n) is 4.49. The van der Waals surface area contributed by atoms with Crippen molar-refractivity contribution in [1.82, 2.24) is 4.90 Å². The fourth-order valence-electron chi connectivity index (χ4n) is 2.00. The predicted molar refractivity (Wildman–Crippen MR) is 58.0 cm³/mol. The Morgan fingerprint density at radius 3 is 2.73 bits per heavy atom. The minimum atomic E-state index is -0.527. The summed E-state index contributed by atoms with van der Waals surface area (Å²) in [5, 5.41) is -0.527. The number of rotatable bonds is 3. The van der Waals surface area contributed by atoms with Gasteiger partial charge in [-0.15, -0.1) is 0 Å². The van der Waals surface area contributed by atoms with Crippen molar-refractivity contribution in [2.45, 2.75) is 38.4 Å². The van der Waals surface area contributed by atoms with Crippen molar-refractivity contribution in [3.8, 4) is 0 Å². The lowest BCUT2D eigenvalue weighted by atomic mass is 10.1. The maximum Gasteiger partial charge on any atom is 0.299 e. The van der Waals surface area contributed by atoms with E-state index in [2.05, 4.69) is 13.8 Å². The monoisotopic (exact) mass is 231 g/mol. The molecule has 2 saturated heterocycles. The number of hydrogen-bond acceptors (Lipinski definition) is 4. The molecule has 0 aromatic carbocycles. The average molecular weight is 231 g/mol. The van der Waals surface area contributed by atoms with Gasteiger partial charge in [0.25, 0.3) is 5.12 Å². The number of carbonyl (C=O) groups is 1. The lowest BCUT2D eigenvalue weighted by Gasteiger charge is -2.29. The van der Waals surface area contributed by atoms with E-state index in [-0.39, 0.29) is 11.9 Å². The largest absolute Gasteiger partial charge is 0.333 e. The molecular formula is C10H17NO3S. The molecule has 0 radical (unpaired) electrons. The minimum absolute atomic E-state index is 0.0856. The molecule has 0 saturated carbocycles. The van der Waals surface area contributed by atoms with E-state index in [0.29, 0.717) is 5.92 Å². The molecule has 1 amide bonds. The van der Waals surface area contributed by atoms with Crippen LogP contribution in [0.5, 0.6) is 0 Å². The van der Waals surface area contributed by atoms with Crippen LogP contribution in [-0.2, 0) is 14.6 Å². The van der Waals surface area contributed by atoms with Crippen LogP contribution in [0.2, 0.25) is 0 Å². The van der Waals surface area contributed by atoms with E-state index >= 15 is 0 Å². The molecule has 2 aliphatic heterocycles. The summed E-state index contributed by atoms with van der Waals surface area (Å²) in [6.45, 7) is 6.61. The predicted octanol–water partition coefficient (Wildman–Crippen LogP) is 1.61.